The second-order valence-corrected chi connectivity index (χ2v) is 27.3. The molecule has 4 saturated heterocycles. The van der Waals surface area contributed by atoms with Crippen LogP contribution >= 0.6 is 0 Å². The number of amides is 4. The number of aromatic hydroxyl groups is 4. The third kappa shape index (κ3) is 19.7. The number of hydrogen-bond acceptors (Lipinski definition) is 24. The van der Waals surface area contributed by atoms with Crippen LogP contribution in [-0.2, 0) is 78.6 Å². The molecule has 0 aliphatic carbocycles. The number of rotatable bonds is 16. The summed E-state index contributed by atoms with van der Waals surface area (Å²) in [5.74, 6) is -6.24. The van der Waals surface area contributed by atoms with Gasteiger partial charge < -0.3 is 70.6 Å². The first kappa shape index (κ1) is 80.4. The number of nitrogens with zero attached hydrogens (tertiary/aromatic N) is 12. The molecular formula is C71H83F3N16O17S. The summed E-state index contributed by atoms with van der Waals surface area (Å²) >= 11 is 0. The summed E-state index contributed by atoms with van der Waals surface area (Å²) in [7, 11) is 2.10. The molecule has 4 amide bonds. The van der Waals surface area contributed by atoms with Gasteiger partial charge in [0, 0.05) is 100 Å². The molecule has 37 heteroatoms. The number of nitrogens with one attached hydrogen (secondary N) is 4. The molecule has 4 aliphatic heterocycles. The Hall–Kier alpha value is -11.7. The van der Waals surface area contributed by atoms with E-state index in [-0.39, 0.29) is 73.1 Å². The molecule has 8 N–H and O–H groups in total. The van der Waals surface area contributed by atoms with Crippen LogP contribution in [0.4, 0.5) is 37.0 Å². The van der Waals surface area contributed by atoms with Crippen molar-refractivity contribution in [1.82, 2.24) is 59.5 Å². The van der Waals surface area contributed by atoms with Crippen LogP contribution < -0.4 is 62.5 Å². The van der Waals surface area contributed by atoms with Crippen molar-refractivity contribution in [3.8, 4) is 23.0 Å². The molecule has 108 heavy (non-hydrogen) atoms. The van der Waals surface area contributed by atoms with E-state index in [1.54, 1.807) is 19.1 Å². The summed E-state index contributed by atoms with van der Waals surface area (Å²) in [6, 6.07) is 21.4. The van der Waals surface area contributed by atoms with Crippen LogP contribution in [0.25, 0.3) is 0 Å². The molecule has 576 valence electrons. The first-order valence-electron chi connectivity index (χ1n) is 34.1. The molecule has 8 aromatic rings. The van der Waals surface area contributed by atoms with Gasteiger partial charge in [0.15, 0.2) is 22.8 Å². The number of sulfonamides is 1. The number of halogens is 3. The molecule has 4 aliphatic rings. The molecule has 0 saturated carbocycles. The average Bonchev–Trinajstić information content (AvgIpc) is 0.784. The van der Waals surface area contributed by atoms with Gasteiger partial charge in [-0.25, -0.2) is 45.8 Å². The van der Waals surface area contributed by atoms with Crippen molar-refractivity contribution in [2.24, 2.45) is 28.2 Å². The van der Waals surface area contributed by atoms with E-state index in [1.807, 2.05) is 46.7 Å². The fourth-order valence-corrected chi connectivity index (χ4v) is 12.9. The van der Waals surface area contributed by atoms with Crippen molar-refractivity contribution >= 4 is 57.4 Å². The summed E-state index contributed by atoms with van der Waals surface area (Å²) in [4.78, 5) is 121. The topological polar surface area (TPSA) is 412 Å². The molecule has 4 aromatic carbocycles. The monoisotopic (exact) mass is 1520 g/mol. The molecule has 0 unspecified atom stereocenters. The van der Waals surface area contributed by atoms with Crippen LogP contribution in [0.3, 0.4) is 0 Å². The van der Waals surface area contributed by atoms with E-state index in [9.17, 15) is 80.4 Å². The van der Waals surface area contributed by atoms with Crippen molar-refractivity contribution in [1.29, 1.82) is 0 Å². The SMILES string of the molecule is Cc1cc(CNC(=O)c2nc(N3CCOCC3)n(C)c(=O)c2O)ccc1F.Cc1ccc(CNC(=O)c2nc(N3CCOCC3)n(C)c(=O)c2O)cc1C.Cn1c(N2CCCCS2(=O)=O)nc(C(=O)NCc2ccc(F)cc2)c(O)c1=O.Cn1c(N2CCOCC2)nc(C(=O)NCc2ccc(F)cc2)c(O)c1=O. The molecular weight excluding hydrogens is 1440 g/mol. The van der Waals surface area contributed by atoms with E-state index in [4.69, 9.17) is 14.2 Å². The molecule has 33 nitrogen and oxygen atoms in total. The number of carbonyl (C=O) groups excluding carboxylic acids is 4. The first-order valence-corrected chi connectivity index (χ1v) is 35.7. The second-order valence-electron chi connectivity index (χ2n) is 25.3. The highest BCUT2D eigenvalue weighted by Crippen LogP contribution is 2.25. The first-order chi connectivity index (χ1) is 51.4. The number of hydrogen-bond donors (Lipinski definition) is 8. The van der Waals surface area contributed by atoms with Gasteiger partial charge in [-0.3, -0.25) is 56.6 Å². The van der Waals surface area contributed by atoms with Crippen molar-refractivity contribution < 1.29 is 75.4 Å². The lowest BCUT2D eigenvalue weighted by Gasteiger charge is -2.29. The summed E-state index contributed by atoms with van der Waals surface area (Å²) in [5, 5.41) is 50.7. The van der Waals surface area contributed by atoms with Crippen molar-refractivity contribution in [2.45, 2.75) is 59.8 Å². The van der Waals surface area contributed by atoms with Gasteiger partial charge in [-0.2, -0.15) is 0 Å². The Labute approximate surface area is 616 Å². The maximum absolute atomic E-state index is 13.3. The highest BCUT2D eigenvalue weighted by Gasteiger charge is 2.33. The zero-order valence-electron chi connectivity index (χ0n) is 60.2. The Morgan fingerprint density at radius 3 is 1.03 bits per heavy atom. The summed E-state index contributed by atoms with van der Waals surface area (Å²) < 4.78 is 85.3. The quantitative estimate of drug-likeness (QED) is 0.0688. The van der Waals surface area contributed by atoms with E-state index in [0.29, 0.717) is 132 Å². The Balaban J connectivity index is 0.000000166. The number of morpholine rings is 3. The molecule has 8 heterocycles. The van der Waals surface area contributed by atoms with Crippen molar-refractivity contribution in [3.05, 3.63) is 206 Å². The average molecular weight is 1520 g/mol. The predicted molar refractivity (Wildman–Crippen MR) is 389 cm³/mol. The fraction of sp³-hybridized carbons (Fsp3) is 0.380. The molecule has 0 bridgehead atoms. The zero-order valence-corrected chi connectivity index (χ0v) is 61.0. The Kier molecular flexibility index (Phi) is 26.8. The lowest BCUT2D eigenvalue weighted by Crippen LogP contribution is -2.42. The normalized spacial score (nSPS) is 14.7. The van der Waals surface area contributed by atoms with Crippen molar-refractivity contribution in [3.63, 3.8) is 0 Å². The second kappa shape index (κ2) is 36.1. The molecule has 4 aromatic heterocycles. The highest BCUT2D eigenvalue weighted by atomic mass is 32.2. The largest absolute Gasteiger partial charge is 0.501 e. The Morgan fingerprint density at radius 2 is 0.704 bits per heavy atom. The van der Waals surface area contributed by atoms with Gasteiger partial charge in [-0.1, -0.05) is 54.6 Å². The van der Waals surface area contributed by atoms with E-state index >= 15 is 0 Å². The predicted octanol–water partition coefficient (Wildman–Crippen LogP) is 2.45. The van der Waals surface area contributed by atoms with Crippen LogP contribution in [0.15, 0.2) is 104 Å². The van der Waals surface area contributed by atoms with E-state index < -0.39 is 90.4 Å². The molecule has 0 atom stereocenters. The lowest BCUT2D eigenvalue weighted by molar-refractivity contribution is 0.0933. The molecule has 0 spiro atoms. The number of aryl methyl sites for hydroxylation is 3. The summed E-state index contributed by atoms with van der Waals surface area (Å²) in [6.07, 6.45) is 1.08. The Morgan fingerprint density at radius 1 is 0.407 bits per heavy atom. The minimum Gasteiger partial charge on any atom is -0.501 e. The van der Waals surface area contributed by atoms with E-state index in [1.165, 1.54) is 102 Å². The van der Waals surface area contributed by atoms with Gasteiger partial charge in [-0.05, 0) is 103 Å². The van der Waals surface area contributed by atoms with Crippen LogP contribution in [0.1, 0.15) is 93.7 Å². The lowest BCUT2D eigenvalue weighted by atomic mass is 10.1. The van der Waals surface area contributed by atoms with Crippen LogP contribution in [0.5, 0.6) is 23.0 Å². The maximum Gasteiger partial charge on any atom is 0.297 e. The smallest absolute Gasteiger partial charge is 0.297 e. The number of benzene rings is 4. The fourth-order valence-electron chi connectivity index (χ4n) is 11.3. The number of ether oxygens (including phenoxy) is 3. The van der Waals surface area contributed by atoms with Gasteiger partial charge in [0.1, 0.15) is 17.5 Å². The number of anilines is 4. The zero-order chi connectivity index (χ0) is 78.3. The van der Waals surface area contributed by atoms with E-state index in [0.717, 1.165) is 20.0 Å². The molecule has 12 rings (SSSR count). The third-order valence-corrected chi connectivity index (χ3v) is 19.5. The standard InChI is InChI=1S/C19H24N4O4.C18H21FN4O4.C17H19FN4O5S.C17H19FN4O4/c1-12-4-5-14(10-13(12)2)11-20-17(25)15-16(24)18(26)22(3)19(21-15)23-6-8-27-9-7-23;1-11-9-12(3-4-13(11)19)10-20-16(25)14-15(24)17(26)22(2)18(21-14)23-5-7-27-8-6-23;1-21-16(25)14(23)13(15(24)19-10-11-4-6-12(18)7-5-11)20-17(21)22-8-2-3-9-28(22,26)27;1-21-16(25)14(23)13(20-17(21)22-6-8-26-9-7-22)15(24)19-10-11-2-4-12(18)5-3-11/h4-5,10,24H,6-9,11H2,1-3H3,(H,20,25);3-4,9,24H,5-8,10H2,1-2H3,(H,20,25);4-7,23H,2-3,8-10H2,1H3,(H,19,24);2-5,23H,6-10H2,1H3,(H,19,24). The van der Waals surface area contributed by atoms with Gasteiger partial charge >= 0.3 is 0 Å². The van der Waals surface area contributed by atoms with E-state index in [2.05, 4.69) is 41.2 Å². The van der Waals surface area contributed by atoms with Crippen LogP contribution in [0.2, 0.25) is 0 Å². The van der Waals surface area contributed by atoms with Crippen LogP contribution in [0, 0.1) is 38.2 Å². The number of aromatic nitrogens is 8. The van der Waals surface area contributed by atoms with Gasteiger partial charge in [-0.15, -0.1) is 0 Å². The highest BCUT2D eigenvalue weighted by molar-refractivity contribution is 7.92. The van der Waals surface area contributed by atoms with Crippen LogP contribution in [-0.4, -0.2) is 182 Å². The molecule has 0 radical (unpaired) electrons. The maximum atomic E-state index is 13.3. The minimum absolute atomic E-state index is 0.00674. The Bertz CT molecular complexity index is 4860. The third-order valence-electron chi connectivity index (χ3n) is 17.7. The summed E-state index contributed by atoms with van der Waals surface area (Å²) in [6.45, 7) is 12.5. The van der Waals surface area contributed by atoms with Gasteiger partial charge in [0.05, 0.1) is 45.4 Å². The van der Waals surface area contributed by atoms with Gasteiger partial charge in [0.2, 0.25) is 56.8 Å². The minimum atomic E-state index is -3.67. The summed E-state index contributed by atoms with van der Waals surface area (Å²) in [5.41, 5.74) is 1.18. The van der Waals surface area contributed by atoms with Gasteiger partial charge in [0.25, 0.3) is 45.9 Å². The number of carbonyl (C=O) groups is 4. The van der Waals surface area contributed by atoms with Crippen molar-refractivity contribution in [2.75, 3.05) is 110 Å². The molecule has 4 fully saturated rings.